The first kappa shape index (κ1) is 22.8. The molecule has 32 heavy (non-hydrogen) atoms. The second kappa shape index (κ2) is 8.33. The van der Waals surface area contributed by atoms with Gasteiger partial charge < -0.3 is 15.6 Å². The van der Waals surface area contributed by atoms with E-state index in [4.69, 9.17) is 5.73 Å². The number of ether oxygens (including phenoxy) is 1. The molecule has 7 nitrogen and oxygen atoms in total. The number of carbonyl (C=O) groups is 3. The van der Waals surface area contributed by atoms with Gasteiger partial charge in [0.05, 0.1) is 11.3 Å². The van der Waals surface area contributed by atoms with E-state index in [0.717, 1.165) is 35.4 Å². The van der Waals surface area contributed by atoms with E-state index in [2.05, 4.69) is 4.74 Å². The Bertz CT molecular complexity index is 1130. The van der Waals surface area contributed by atoms with Crippen LogP contribution >= 0.6 is 0 Å². The van der Waals surface area contributed by atoms with Gasteiger partial charge in [0.2, 0.25) is 11.8 Å². The molecule has 0 spiro atoms. The summed E-state index contributed by atoms with van der Waals surface area (Å²) in [4.78, 5) is 37.0. The number of amides is 2. The van der Waals surface area contributed by atoms with Crippen LogP contribution in [0.4, 0.5) is 23.2 Å². The number of alkyl halides is 3. The number of aryl methyl sites for hydroxylation is 1. The fraction of sp³-hybridized carbons (Fsp3) is 0.190. The lowest BCUT2D eigenvalue weighted by atomic mass is 9.85. The van der Waals surface area contributed by atoms with Crippen molar-refractivity contribution in [3.8, 4) is 5.75 Å². The average Bonchev–Trinajstić information content (AvgIpc) is 2.68. The summed E-state index contributed by atoms with van der Waals surface area (Å²) in [5.74, 6) is -5.56. The molecule has 0 fully saturated rings. The molecule has 0 aliphatic carbocycles. The number of halogens is 4. The smallest absolute Gasteiger partial charge is 0.478 e. The van der Waals surface area contributed by atoms with Crippen LogP contribution < -0.4 is 15.4 Å². The fourth-order valence-corrected chi connectivity index (χ4v) is 3.42. The van der Waals surface area contributed by atoms with Crippen molar-refractivity contribution in [2.75, 3.05) is 4.90 Å². The molecule has 1 atom stereocenters. The van der Waals surface area contributed by atoms with E-state index in [1.54, 1.807) is 0 Å². The standard InChI is InChI=1S/C21H16F4N2O5/c1-10-6-16(17(32-21(23,24)25)7-13(10)19(26)29)27-9-15(20(30)31)14(8-18(27)28)11-2-4-12(22)5-3-11/h2-7,9,14H,8H2,1H3,(H2,26,29)(H,30,31)/t14-/m0/s1. The highest BCUT2D eigenvalue weighted by molar-refractivity contribution is 6.04. The van der Waals surface area contributed by atoms with Crippen LogP contribution in [0.25, 0.3) is 0 Å². The third kappa shape index (κ3) is 4.71. The summed E-state index contributed by atoms with van der Waals surface area (Å²) in [5, 5.41) is 9.65. The Morgan fingerprint density at radius 3 is 2.34 bits per heavy atom. The van der Waals surface area contributed by atoms with Crippen LogP contribution in [0.15, 0.2) is 48.2 Å². The van der Waals surface area contributed by atoms with Crippen molar-refractivity contribution in [2.24, 2.45) is 5.73 Å². The SMILES string of the molecule is Cc1cc(N2C=C(C(=O)O)[C@H](c3ccc(F)cc3)CC2=O)c(OC(F)(F)F)cc1C(N)=O. The maximum absolute atomic E-state index is 13.2. The van der Waals surface area contributed by atoms with Gasteiger partial charge in [-0.3, -0.25) is 14.5 Å². The van der Waals surface area contributed by atoms with Crippen LogP contribution in [0.5, 0.6) is 5.75 Å². The Hall–Kier alpha value is -3.89. The lowest BCUT2D eigenvalue weighted by molar-refractivity contribution is -0.274. The van der Waals surface area contributed by atoms with Crippen molar-refractivity contribution in [3.63, 3.8) is 0 Å². The summed E-state index contributed by atoms with van der Waals surface area (Å²) in [6.07, 6.45) is -4.68. The molecular formula is C21H16F4N2O5. The van der Waals surface area contributed by atoms with Gasteiger partial charge in [0.25, 0.3) is 0 Å². The number of primary amides is 1. The molecule has 3 rings (SSSR count). The molecule has 0 aromatic heterocycles. The quantitative estimate of drug-likeness (QED) is 0.674. The minimum atomic E-state index is -5.16. The highest BCUT2D eigenvalue weighted by Gasteiger charge is 2.37. The van der Waals surface area contributed by atoms with Gasteiger partial charge in [-0.15, -0.1) is 13.2 Å². The van der Waals surface area contributed by atoms with Gasteiger partial charge in [0, 0.05) is 24.1 Å². The van der Waals surface area contributed by atoms with Crippen molar-refractivity contribution in [2.45, 2.75) is 25.6 Å². The molecule has 1 aliphatic rings. The Morgan fingerprint density at radius 1 is 1.19 bits per heavy atom. The minimum absolute atomic E-state index is 0.153. The predicted octanol–water partition coefficient (Wildman–Crippen LogP) is 3.62. The van der Waals surface area contributed by atoms with Gasteiger partial charge >= 0.3 is 12.3 Å². The number of hydrogen-bond donors (Lipinski definition) is 2. The molecule has 0 radical (unpaired) electrons. The van der Waals surface area contributed by atoms with Gasteiger partial charge in [-0.2, -0.15) is 0 Å². The van der Waals surface area contributed by atoms with Gasteiger partial charge in [-0.05, 0) is 42.3 Å². The summed E-state index contributed by atoms with van der Waals surface area (Å²) < 4.78 is 56.1. The number of carboxylic acids is 1. The molecule has 1 aliphatic heterocycles. The molecular weight excluding hydrogens is 436 g/mol. The predicted molar refractivity (Wildman–Crippen MR) is 103 cm³/mol. The number of rotatable bonds is 5. The van der Waals surface area contributed by atoms with Crippen LogP contribution in [0.1, 0.15) is 33.8 Å². The van der Waals surface area contributed by atoms with Gasteiger partial charge in [0.15, 0.2) is 5.75 Å². The third-order valence-electron chi connectivity index (χ3n) is 4.87. The van der Waals surface area contributed by atoms with Gasteiger partial charge in [-0.1, -0.05) is 12.1 Å². The Balaban J connectivity index is 2.15. The number of hydrogen-bond acceptors (Lipinski definition) is 4. The number of anilines is 1. The number of aliphatic carboxylic acids is 1. The van der Waals surface area contributed by atoms with Crippen molar-refractivity contribution >= 4 is 23.5 Å². The molecule has 0 unspecified atom stereocenters. The molecule has 2 amide bonds. The maximum atomic E-state index is 13.2. The highest BCUT2D eigenvalue weighted by atomic mass is 19.4. The molecule has 0 saturated heterocycles. The van der Waals surface area contributed by atoms with E-state index in [1.165, 1.54) is 19.1 Å². The number of nitrogens with two attached hydrogens (primary N) is 1. The van der Waals surface area contributed by atoms with Gasteiger partial charge in [-0.25, -0.2) is 9.18 Å². The summed E-state index contributed by atoms with van der Waals surface area (Å²) in [6, 6.07) is 6.68. The molecule has 1 heterocycles. The summed E-state index contributed by atoms with van der Waals surface area (Å²) in [7, 11) is 0. The normalized spacial score (nSPS) is 16.5. The molecule has 2 aromatic carbocycles. The fourth-order valence-electron chi connectivity index (χ4n) is 3.42. The van der Waals surface area contributed by atoms with Crippen molar-refractivity contribution in [3.05, 3.63) is 70.7 Å². The molecule has 3 N–H and O–H groups in total. The Morgan fingerprint density at radius 2 is 1.81 bits per heavy atom. The van der Waals surface area contributed by atoms with Crippen LogP contribution in [0.3, 0.4) is 0 Å². The summed E-state index contributed by atoms with van der Waals surface area (Å²) >= 11 is 0. The Labute approximate surface area is 178 Å². The van der Waals surface area contributed by atoms with Crippen LogP contribution in [0.2, 0.25) is 0 Å². The first-order valence-electron chi connectivity index (χ1n) is 9.10. The zero-order valence-electron chi connectivity index (χ0n) is 16.4. The van der Waals surface area contributed by atoms with Crippen molar-refractivity contribution in [1.29, 1.82) is 0 Å². The molecule has 11 heteroatoms. The maximum Gasteiger partial charge on any atom is 0.573 e. The van der Waals surface area contributed by atoms with E-state index in [1.807, 2.05) is 0 Å². The van der Waals surface area contributed by atoms with Crippen LogP contribution in [-0.2, 0) is 9.59 Å². The van der Waals surface area contributed by atoms with Crippen LogP contribution in [-0.4, -0.2) is 29.3 Å². The first-order valence-corrected chi connectivity index (χ1v) is 9.10. The monoisotopic (exact) mass is 452 g/mol. The lowest BCUT2D eigenvalue weighted by Crippen LogP contribution is -2.35. The van der Waals surface area contributed by atoms with Crippen LogP contribution in [0, 0.1) is 12.7 Å². The second-order valence-corrected chi connectivity index (χ2v) is 7.01. The largest absolute Gasteiger partial charge is 0.573 e. The number of carbonyl (C=O) groups excluding carboxylic acids is 2. The first-order chi connectivity index (χ1) is 14.9. The third-order valence-corrected chi connectivity index (χ3v) is 4.87. The van der Waals surface area contributed by atoms with E-state index in [0.29, 0.717) is 5.56 Å². The number of carboxylic acid groups (broad SMARTS) is 1. The molecule has 2 aromatic rings. The number of benzene rings is 2. The van der Waals surface area contributed by atoms with E-state index in [-0.39, 0.29) is 16.7 Å². The lowest BCUT2D eigenvalue weighted by Gasteiger charge is -2.31. The highest BCUT2D eigenvalue weighted by Crippen LogP contribution is 2.40. The zero-order chi connectivity index (χ0) is 23.8. The topological polar surface area (TPSA) is 110 Å². The van der Waals surface area contributed by atoms with Crippen molar-refractivity contribution < 1.29 is 41.8 Å². The molecule has 168 valence electrons. The molecule has 0 bridgehead atoms. The van der Waals surface area contributed by atoms with E-state index >= 15 is 0 Å². The second-order valence-electron chi connectivity index (χ2n) is 7.01. The van der Waals surface area contributed by atoms with Gasteiger partial charge in [0.1, 0.15) is 5.82 Å². The Kier molecular flexibility index (Phi) is 5.93. The zero-order valence-corrected chi connectivity index (χ0v) is 16.4. The minimum Gasteiger partial charge on any atom is -0.478 e. The van der Waals surface area contributed by atoms with Crippen molar-refractivity contribution in [1.82, 2.24) is 0 Å². The summed E-state index contributed by atoms with van der Waals surface area (Å²) in [5.41, 5.74) is 4.71. The number of nitrogens with zero attached hydrogens (tertiary/aromatic N) is 1. The summed E-state index contributed by atoms with van der Waals surface area (Å²) in [6.45, 7) is 1.39. The average molecular weight is 452 g/mol. The molecule has 0 saturated carbocycles. The van der Waals surface area contributed by atoms with E-state index < -0.39 is 53.7 Å². The van der Waals surface area contributed by atoms with E-state index in [9.17, 15) is 37.1 Å².